The van der Waals surface area contributed by atoms with Gasteiger partial charge in [-0.3, -0.25) is 14.5 Å². The highest BCUT2D eigenvalue weighted by Crippen LogP contribution is 2.22. The first-order valence-electron chi connectivity index (χ1n) is 10.9. The van der Waals surface area contributed by atoms with Crippen LogP contribution in [0.5, 0.6) is 0 Å². The van der Waals surface area contributed by atoms with Gasteiger partial charge in [0.05, 0.1) is 6.54 Å². The van der Waals surface area contributed by atoms with Crippen molar-refractivity contribution in [2.75, 3.05) is 32.7 Å². The zero-order chi connectivity index (χ0) is 22.7. The van der Waals surface area contributed by atoms with Crippen molar-refractivity contribution < 1.29 is 14.0 Å². The van der Waals surface area contributed by atoms with Crippen LogP contribution < -0.4 is 0 Å². The first-order chi connectivity index (χ1) is 15.4. The number of carbonyl (C=O) groups excluding carboxylic acids is 2. The number of nitrogens with zero attached hydrogens (tertiary/aromatic N) is 3. The Bertz CT molecular complexity index is 1080. The van der Waals surface area contributed by atoms with Crippen molar-refractivity contribution in [2.45, 2.75) is 26.7 Å². The smallest absolute Gasteiger partial charge is 0.223 e. The van der Waals surface area contributed by atoms with Gasteiger partial charge in [-0.15, -0.1) is 11.3 Å². The van der Waals surface area contributed by atoms with Gasteiger partial charge in [-0.1, -0.05) is 6.07 Å². The molecule has 1 aromatic carbocycles. The number of Topliss-reactive ketones (excluding diaryl/α,β-unsaturated/α-hetero) is 1. The van der Waals surface area contributed by atoms with Crippen LogP contribution in [-0.2, 0) is 11.2 Å². The van der Waals surface area contributed by atoms with Crippen LogP contribution in [0.25, 0.3) is 5.69 Å². The minimum atomic E-state index is -0.281. The van der Waals surface area contributed by atoms with Gasteiger partial charge in [0.25, 0.3) is 0 Å². The van der Waals surface area contributed by atoms with Crippen molar-refractivity contribution in [3.8, 4) is 5.69 Å². The fourth-order valence-electron chi connectivity index (χ4n) is 4.32. The molecule has 0 atom stereocenters. The van der Waals surface area contributed by atoms with E-state index in [1.165, 1.54) is 17.0 Å². The Morgan fingerprint density at radius 1 is 1.03 bits per heavy atom. The van der Waals surface area contributed by atoms with E-state index in [0.717, 1.165) is 23.5 Å². The molecule has 0 N–H and O–H groups in total. The number of amides is 1. The van der Waals surface area contributed by atoms with Crippen molar-refractivity contribution in [3.05, 3.63) is 75.5 Å². The molecule has 0 unspecified atom stereocenters. The molecule has 0 aliphatic carbocycles. The monoisotopic (exact) mass is 453 g/mol. The van der Waals surface area contributed by atoms with Gasteiger partial charge < -0.3 is 9.47 Å². The second-order valence-corrected chi connectivity index (χ2v) is 9.29. The summed E-state index contributed by atoms with van der Waals surface area (Å²) >= 11 is 1.68. The standard InChI is InChI=1S/C25H28FN3O2S/c1-18-16-23(19(2)29(18)21-7-5-20(26)6-8-21)24(30)17-27-11-13-28(14-12-27)25(31)10-9-22-4-3-15-32-22/h3-8,15-16H,9-14,17H2,1-2H3. The number of halogens is 1. The Morgan fingerprint density at radius 2 is 1.75 bits per heavy atom. The molecule has 7 heteroatoms. The third kappa shape index (κ3) is 5.00. The van der Waals surface area contributed by atoms with Crippen molar-refractivity contribution in [1.82, 2.24) is 14.4 Å². The lowest BCUT2D eigenvalue weighted by Crippen LogP contribution is -2.50. The minimum absolute atomic E-state index is 0.0731. The van der Waals surface area contributed by atoms with E-state index in [-0.39, 0.29) is 17.5 Å². The molecule has 1 aliphatic rings. The molecule has 1 fully saturated rings. The molecule has 168 valence electrons. The summed E-state index contributed by atoms with van der Waals surface area (Å²) in [5.74, 6) is -0.0205. The highest BCUT2D eigenvalue weighted by Gasteiger charge is 2.24. The van der Waals surface area contributed by atoms with Gasteiger partial charge in [0, 0.05) is 60.1 Å². The molecule has 0 saturated carbocycles. The van der Waals surface area contributed by atoms with Gasteiger partial charge in [0.2, 0.25) is 5.91 Å². The summed E-state index contributed by atoms with van der Waals surface area (Å²) in [4.78, 5) is 30.8. The lowest BCUT2D eigenvalue weighted by Gasteiger charge is -2.34. The van der Waals surface area contributed by atoms with Crippen molar-refractivity contribution in [2.24, 2.45) is 0 Å². The lowest BCUT2D eigenvalue weighted by atomic mass is 10.1. The van der Waals surface area contributed by atoms with Gasteiger partial charge >= 0.3 is 0 Å². The van der Waals surface area contributed by atoms with Gasteiger partial charge in [-0.25, -0.2) is 4.39 Å². The van der Waals surface area contributed by atoms with Gasteiger partial charge in [0.1, 0.15) is 5.82 Å². The number of aromatic nitrogens is 1. The number of carbonyl (C=O) groups is 2. The first-order valence-corrected chi connectivity index (χ1v) is 11.8. The average molecular weight is 454 g/mol. The van der Waals surface area contributed by atoms with Crippen LogP contribution in [0, 0.1) is 19.7 Å². The zero-order valence-corrected chi connectivity index (χ0v) is 19.3. The summed E-state index contributed by atoms with van der Waals surface area (Å²) in [5.41, 5.74) is 3.34. The number of hydrogen-bond acceptors (Lipinski definition) is 4. The average Bonchev–Trinajstić information content (AvgIpc) is 3.41. The molecular formula is C25H28FN3O2S. The molecule has 2 aromatic heterocycles. The second-order valence-electron chi connectivity index (χ2n) is 8.26. The molecule has 0 spiro atoms. The molecular weight excluding hydrogens is 425 g/mol. The fourth-order valence-corrected chi connectivity index (χ4v) is 5.03. The number of ketones is 1. The van der Waals surface area contributed by atoms with E-state index in [4.69, 9.17) is 0 Å². The summed E-state index contributed by atoms with van der Waals surface area (Å²) in [6.07, 6.45) is 1.33. The molecule has 0 radical (unpaired) electrons. The largest absolute Gasteiger partial charge is 0.340 e. The maximum atomic E-state index is 13.3. The summed E-state index contributed by atoms with van der Waals surface area (Å²) in [6.45, 7) is 6.93. The topological polar surface area (TPSA) is 45.6 Å². The van der Waals surface area contributed by atoms with E-state index in [2.05, 4.69) is 11.0 Å². The Balaban J connectivity index is 1.33. The van der Waals surface area contributed by atoms with Crippen LogP contribution in [0.4, 0.5) is 4.39 Å². The highest BCUT2D eigenvalue weighted by molar-refractivity contribution is 7.09. The normalized spacial score (nSPS) is 14.7. The SMILES string of the molecule is Cc1cc(C(=O)CN2CCN(C(=O)CCc3cccs3)CC2)c(C)n1-c1ccc(F)cc1. The number of thiophene rings is 1. The van der Waals surface area contributed by atoms with E-state index in [9.17, 15) is 14.0 Å². The Hall–Kier alpha value is -2.77. The molecule has 3 aromatic rings. The van der Waals surface area contributed by atoms with Crippen LogP contribution >= 0.6 is 11.3 Å². The molecule has 0 bridgehead atoms. The van der Waals surface area contributed by atoms with Crippen molar-refractivity contribution >= 4 is 23.0 Å². The van der Waals surface area contributed by atoms with Crippen LogP contribution in [0.1, 0.15) is 33.0 Å². The number of piperazine rings is 1. The number of aryl methyl sites for hydroxylation is 2. The highest BCUT2D eigenvalue weighted by atomic mass is 32.1. The van der Waals surface area contributed by atoms with E-state index in [1.807, 2.05) is 40.8 Å². The van der Waals surface area contributed by atoms with Crippen LogP contribution in [0.3, 0.4) is 0 Å². The van der Waals surface area contributed by atoms with Crippen LogP contribution in [0.2, 0.25) is 0 Å². The minimum Gasteiger partial charge on any atom is -0.340 e. The fraction of sp³-hybridized carbons (Fsp3) is 0.360. The summed E-state index contributed by atoms with van der Waals surface area (Å²) < 4.78 is 15.3. The quantitative estimate of drug-likeness (QED) is 0.503. The number of benzene rings is 1. The molecule has 32 heavy (non-hydrogen) atoms. The third-order valence-electron chi connectivity index (χ3n) is 6.07. The van der Waals surface area contributed by atoms with E-state index in [1.54, 1.807) is 23.5 Å². The third-order valence-corrected chi connectivity index (χ3v) is 7.01. The van der Waals surface area contributed by atoms with Crippen molar-refractivity contribution in [1.29, 1.82) is 0 Å². The predicted octanol–water partition coefficient (Wildman–Crippen LogP) is 4.25. The van der Waals surface area contributed by atoms with E-state index in [0.29, 0.717) is 44.7 Å². The Labute approximate surface area is 192 Å². The molecule has 3 heterocycles. The predicted molar refractivity (Wildman–Crippen MR) is 125 cm³/mol. The molecule has 1 amide bonds. The summed E-state index contributed by atoms with van der Waals surface area (Å²) in [6, 6.07) is 12.3. The number of hydrogen-bond donors (Lipinski definition) is 0. The molecule has 5 nitrogen and oxygen atoms in total. The van der Waals surface area contributed by atoms with Gasteiger partial charge in [-0.05, 0) is 62.0 Å². The van der Waals surface area contributed by atoms with E-state index >= 15 is 0 Å². The van der Waals surface area contributed by atoms with Crippen LogP contribution in [-0.4, -0.2) is 58.8 Å². The maximum absolute atomic E-state index is 13.3. The Morgan fingerprint density at radius 3 is 2.41 bits per heavy atom. The molecule has 1 saturated heterocycles. The van der Waals surface area contributed by atoms with Crippen molar-refractivity contribution in [3.63, 3.8) is 0 Å². The number of rotatable bonds is 7. The summed E-state index contributed by atoms with van der Waals surface area (Å²) in [5, 5.41) is 2.03. The zero-order valence-electron chi connectivity index (χ0n) is 18.5. The molecule has 4 rings (SSSR count). The van der Waals surface area contributed by atoms with Gasteiger partial charge in [0.15, 0.2) is 5.78 Å². The van der Waals surface area contributed by atoms with E-state index < -0.39 is 0 Å². The Kier molecular flexibility index (Phi) is 6.86. The van der Waals surface area contributed by atoms with Crippen LogP contribution in [0.15, 0.2) is 47.8 Å². The second kappa shape index (κ2) is 9.79. The van der Waals surface area contributed by atoms with Gasteiger partial charge in [-0.2, -0.15) is 0 Å². The maximum Gasteiger partial charge on any atom is 0.223 e. The molecule has 1 aliphatic heterocycles. The lowest BCUT2D eigenvalue weighted by molar-refractivity contribution is -0.132. The summed E-state index contributed by atoms with van der Waals surface area (Å²) in [7, 11) is 0. The first kappa shape index (κ1) is 22.4.